The molecule has 3 rings (SSSR count). The molecule has 0 bridgehead atoms. The van der Waals surface area contributed by atoms with Crippen LogP contribution in [0.4, 0.5) is 0 Å². The molecular formula is C78H125N17O15. The number of hydrogen-bond acceptors (Lipinski definition) is 19. The van der Waals surface area contributed by atoms with E-state index < -0.39 is 173 Å². The van der Waals surface area contributed by atoms with Gasteiger partial charge in [-0.25, -0.2) is 4.79 Å². The minimum absolute atomic E-state index is 0.0714. The highest BCUT2D eigenvalue weighted by Crippen LogP contribution is 2.17. The van der Waals surface area contributed by atoms with Crippen LogP contribution in [0.25, 0.3) is 0 Å². The van der Waals surface area contributed by atoms with Gasteiger partial charge in [-0.2, -0.15) is 0 Å². The number of carbonyl (C=O) groups is 13. The lowest BCUT2D eigenvalue weighted by Crippen LogP contribution is -2.61. The monoisotopic (exact) mass is 1540 g/mol. The van der Waals surface area contributed by atoms with Gasteiger partial charge in [0, 0.05) is 19.3 Å². The molecule has 0 aliphatic rings. The molecule has 0 heterocycles. The first-order chi connectivity index (χ1) is 52.1. The summed E-state index contributed by atoms with van der Waals surface area (Å²) in [5.74, 6) is -12.5. The molecule has 0 unspecified atom stereocenters. The third-order valence-corrected chi connectivity index (χ3v) is 18.5. The van der Waals surface area contributed by atoms with Crippen LogP contribution in [0.15, 0.2) is 84.9 Å². The molecule has 110 heavy (non-hydrogen) atoms. The smallest absolute Gasteiger partial charge is 0.326 e. The average Bonchev–Trinajstić information content (AvgIpc) is 0.847. The molecule has 0 aliphatic heterocycles. The van der Waals surface area contributed by atoms with Gasteiger partial charge in [-0.1, -0.05) is 135 Å². The molecule has 3 aromatic rings. The van der Waals surface area contributed by atoms with Crippen molar-refractivity contribution in [2.75, 3.05) is 26.2 Å². The van der Waals surface area contributed by atoms with Crippen LogP contribution in [-0.2, 0) is 81.6 Å². The first-order valence-corrected chi connectivity index (χ1v) is 38.4. The van der Waals surface area contributed by atoms with E-state index in [1.54, 1.807) is 102 Å². The van der Waals surface area contributed by atoms with Crippen LogP contribution in [0.2, 0.25) is 0 Å². The number of nitrogens with two attached hydrogens (primary N) is 5. The molecule has 0 spiro atoms. The lowest BCUT2D eigenvalue weighted by molar-refractivity contribution is -0.143. The number of rotatable bonds is 52. The van der Waals surface area contributed by atoms with Gasteiger partial charge in [0.2, 0.25) is 70.9 Å². The van der Waals surface area contributed by atoms with E-state index in [1.807, 2.05) is 13.8 Å². The summed E-state index contributed by atoms with van der Waals surface area (Å²) in [6.07, 6.45) is 4.39. The highest BCUT2D eigenvalue weighted by Gasteiger charge is 2.38. The van der Waals surface area contributed by atoms with Gasteiger partial charge >= 0.3 is 5.97 Å². The Hall–Kier alpha value is -9.63. The first-order valence-electron chi connectivity index (χ1n) is 38.4. The van der Waals surface area contributed by atoms with Crippen molar-refractivity contribution < 1.29 is 72.5 Å². The van der Waals surface area contributed by atoms with Gasteiger partial charge in [-0.05, 0) is 170 Å². The second-order valence-electron chi connectivity index (χ2n) is 29.5. The van der Waals surface area contributed by atoms with Crippen molar-refractivity contribution >= 4 is 76.9 Å². The van der Waals surface area contributed by atoms with E-state index in [9.17, 15) is 72.5 Å². The second kappa shape index (κ2) is 50.2. The molecule has 0 saturated heterocycles. The third-order valence-electron chi connectivity index (χ3n) is 18.5. The van der Waals surface area contributed by atoms with Crippen LogP contribution in [0.1, 0.15) is 169 Å². The zero-order valence-corrected chi connectivity index (χ0v) is 65.6. The number of carboxylic acids is 1. The van der Waals surface area contributed by atoms with Gasteiger partial charge in [-0.3, -0.25) is 57.5 Å². The largest absolute Gasteiger partial charge is 0.508 e. The Kier molecular flexibility index (Phi) is 43.2. The topological polar surface area (TPSA) is 537 Å². The Morgan fingerprint density at radius 3 is 0.964 bits per heavy atom. The van der Waals surface area contributed by atoms with Crippen LogP contribution in [0, 0.1) is 23.7 Å². The van der Waals surface area contributed by atoms with Gasteiger partial charge in [0.1, 0.15) is 78.3 Å². The maximum Gasteiger partial charge on any atom is 0.326 e. The van der Waals surface area contributed by atoms with Crippen LogP contribution >= 0.6 is 0 Å². The molecule has 12 amide bonds. The van der Waals surface area contributed by atoms with E-state index in [0.29, 0.717) is 94.1 Å². The van der Waals surface area contributed by atoms with E-state index in [0.717, 1.165) is 0 Å². The molecule has 0 aromatic heterocycles. The number of hydrogen-bond donors (Lipinski definition) is 19. The quantitative estimate of drug-likeness (QED) is 0.0336. The molecular weight excluding hydrogens is 1410 g/mol. The summed E-state index contributed by atoms with van der Waals surface area (Å²) in [6, 6.07) is 6.47. The van der Waals surface area contributed by atoms with Crippen molar-refractivity contribution in [3.63, 3.8) is 0 Å². The summed E-state index contributed by atoms with van der Waals surface area (Å²) in [6.45, 7) is 17.5. The number of nitrogens with one attached hydrogen (secondary N) is 12. The van der Waals surface area contributed by atoms with Crippen molar-refractivity contribution in [2.24, 2.45) is 52.3 Å². The summed E-state index contributed by atoms with van der Waals surface area (Å²) in [7, 11) is 0. The second-order valence-corrected chi connectivity index (χ2v) is 29.5. The average molecular weight is 1540 g/mol. The Labute approximate surface area is 646 Å². The Morgan fingerprint density at radius 2 is 0.591 bits per heavy atom. The molecule has 0 radical (unpaired) electrons. The van der Waals surface area contributed by atoms with Crippen LogP contribution in [-0.4, -0.2) is 192 Å². The van der Waals surface area contributed by atoms with Gasteiger partial charge in [0.05, 0.1) is 6.04 Å². The zero-order valence-electron chi connectivity index (χ0n) is 65.6. The number of phenols is 1. The zero-order chi connectivity index (χ0) is 82.2. The number of aromatic hydroxyl groups is 1. The third kappa shape index (κ3) is 34.5. The highest BCUT2D eigenvalue weighted by atomic mass is 16.4. The van der Waals surface area contributed by atoms with Crippen molar-refractivity contribution in [2.45, 2.75) is 251 Å². The number of carboxylic acid groups (broad SMARTS) is 1. The van der Waals surface area contributed by atoms with Gasteiger partial charge in [0.15, 0.2) is 0 Å². The molecule has 0 aliphatic carbocycles. The molecule has 0 saturated carbocycles. The highest BCUT2D eigenvalue weighted by molar-refractivity contribution is 6.00. The molecule has 612 valence electrons. The lowest BCUT2D eigenvalue weighted by Gasteiger charge is -2.30. The van der Waals surface area contributed by atoms with E-state index >= 15 is 0 Å². The SMILES string of the molecule is CC(C)C[C@H](NC(=O)[C@H](Cc1ccccc1)NC(=O)[C@H](Cc1ccc(O)cc1)NC(=O)[C@H](Cc1ccccc1)NC(=O)[C@H](C)NC(=O)[C@H](C)NC(=O)[C@@H](NC(=O)[C@@H](NC(=O)[C@H](CCCCN)NC(=O)[C@H](CCCCN)NC(=O)[C@H](CCCCN)NC(=O)[C@@H](N)CCCCN)C(C)C)C(C)C)C(=O)N[C@H](C(=O)O)C(C)C. The van der Waals surface area contributed by atoms with E-state index in [1.165, 1.54) is 38.1 Å². The fraction of sp³-hybridized carbons (Fsp3) is 0.603. The molecule has 32 heteroatoms. The predicted octanol–water partition coefficient (Wildman–Crippen LogP) is 0.219. The van der Waals surface area contributed by atoms with Crippen LogP contribution in [0.3, 0.4) is 0 Å². The number of aliphatic carboxylic acids is 1. The molecule has 32 nitrogen and oxygen atoms in total. The molecule has 24 N–H and O–H groups in total. The van der Waals surface area contributed by atoms with Crippen molar-refractivity contribution in [1.82, 2.24) is 63.8 Å². The summed E-state index contributed by atoms with van der Waals surface area (Å²) in [5.41, 5.74) is 30.8. The Bertz CT molecular complexity index is 3410. The maximum absolute atomic E-state index is 14.9. The van der Waals surface area contributed by atoms with Gasteiger partial charge in [0.25, 0.3) is 0 Å². The fourth-order valence-electron chi connectivity index (χ4n) is 11.9. The number of phenolic OH excluding ortho intramolecular Hbond substituents is 1. The predicted molar refractivity (Wildman–Crippen MR) is 418 cm³/mol. The summed E-state index contributed by atoms with van der Waals surface area (Å²) >= 11 is 0. The maximum atomic E-state index is 14.9. The van der Waals surface area contributed by atoms with E-state index in [-0.39, 0.29) is 63.2 Å². The Balaban J connectivity index is 1.87. The first kappa shape index (κ1) is 94.6. The normalized spacial score (nSPS) is 14.9. The summed E-state index contributed by atoms with van der Waals surface area (Å²) in [4.78, 5) is 183. The fourth-order valence-corrected chi connectivity index (χ4v) is 11.9. The molecule has 3 aromatic carbocycles. The summed E-state index contributed by atoms with van der Waals surface area (Å²) in [5, 5.41) is 52.5. The minimum atomic E-state index is -1.48. The van der Waals surface area contributed by atoms with E-state index in [2.05, 4.69) is 63.8 Å². The standard InChI is InChI=1S/C78H125N17O15/c1-45(2)41-59(75(106)95-65(48(7)8)78(109)110)90-73(104)61(43-52-27-15-12-16-28-52)91-74(105)62(44-53-33-35-54(96)36-34-53)92-72(103)60(42-51-25-13-11-14-26-51)89-67(98)50(10)84-66(97)49(9)85-76(107)63(46(3)4)94-77(108)64(47(5)6)93-71(102)58(32-20-24-40-82)88-70(101)57(31-19-23-39-81)87-69(100)56(30-18-22-38-80)86-68(99)55(83)29-17-21-37-79/h11-16,25-28,33-36,45-50,55-65,96H,17-24,29-32,37-44,79-83H2,1-10H3,(H,84,97)(H,85,107)(H,86,99)(H,87,100)(H,88,101)(H,89,98)(H,90,104)(H,91,105)(H,92,103)(H,93,102)(H,94,108)(H,95,106)(H,109,110)/t49-,50-,55-,56-,57-,58-,59-,60-,61-,62-,63-,64-,65-/m0/s1. The lowest BCUT2D eigenvalue weighted by atomic mass is 9.98. The van der Waals surface area contributed by atoms with Crippen LogP contribution < -0.4 is 92.5 Å². The van der Waals surface area contributed by atoms with Crippen molar-refractivity contribution in [1.29, 1.82) is 0 Å². The minimum Gasteiger partial charge on any atom is -0.508 e. The van der Waals surface area contributed by atoms with E-state index in [4.69, 9.17) is 28.7 Å². The van der Waals surface area contributed by atoms with Crippen molar-refractivity contribution in [3.05, 3.63) is 102 Å². The van der Waals surface area contributed by atoms with Gasteiger partial charge in [-0.15, -0.1) is 0 Å². The molecule has 0 fully saturated rings. The number of unbranched alkanes of at least 4 members (excludes halogenated alkanes) is 4. The number of benzene rings is 3. The number of carbonyl (C=O) groups excluding carboxylic acids is 12. The van der Waals surface area contributed by atoms with Gasteiger partial charge < -0.3 is 103 Å². The molecule has 13 atom stereocenters. The van der Waals surface area contributed by atoms with Crippen molar-refractivity contribution in [3.8, 4) is 5.75 Å². The van der Waals surface area contributed by atoms with Crippen LogP contribution in [0.5, 0.6) is 5.75 Å². The summed E-state index contributed by atoms with van der Waals surface area (Å²) < 4.78 is 0. The number of amides is 12. The Morgan fingerprint density at radius 1 is 0.309 bits per heavy atom.